The standard InChI is InChI=1S/C34H42ClN5O5/c1-5-10-25(28(41)31(43)37-24-15-16-24)38-30(42)27-19-34(18-26(39-45-34)21-11-9-12-22(35)17-21)20-40(27)32(44)29(33(2,3)4)36-23-13-7-6-8-14-23/h6-9,11-14,17,24-25,27,29,36H,5,10,15-16,18-20H2,1-4H3,(H,37,43)(H,38,42)/t25-,27-,29+,34+/m0/s1. The first-order chi connectivity index (χ1) is 21.4. The SMILES string of the molecule is CCC[C@H](NC(=O)[C@@H]1C[C@]2(CC(c3cccc(Cl)c3)=NO2)CN1C(=O)[C@@H](Nc1ccccc1)C(C)(C)C)C(=O)C(=O)NC1CC1. The van der Waals surface area contributed by atoms with Crippen LogP contribution in [0.5, 0.6) is 0 Å². The summed E-state index contributed by atoms with van der Waals surface area (Å²) in [4.78, 5) is 61.9. The van der Waals surface area contributed by atoms with E-state index in [2.05, 4.69) is 21.1 Å². The second kappa shape index (κ2) is 13.2. The topological polar surface area (TPSA) is 129 Å². The lowest BCUT2D eigenvalue weighted by atomic mass is 9.85. The van der Waals surface area contributed by atoms with Gasteiger partial charge in [-0.15, -0.1) is 0 Å². The highest BCUT2D eigenvalue weighted by molar-refractivity contribution is 6.38. The Balaban J connectivity index is 1.42. The molecule has 0 unspecified atom stereocenters. The summed E-state index contributed by atoms with van der Waals surface area (Å²) in [5.41, 5.74) is 0.789. The number of carbonyl (C=O) groups is 4. The van der Waals surface area contributed by atoms with Crippen molar-refractivity contribution in [2.75, 3.05) is 11.9 Å². The van der Waals surface area contributed by atoms with Crippen LogP contribution in [0.4, 0.5) is 5.69 Å². The van der Waals surface area contributed by atoms with Gasteiger partial charge in [0.2, 0.25) is 17.6 Å². The molecule has 3 amide bonds. The highest BCUT2D eigenvalue weighted by Gasteiger charge is 2.55. The lowest BCUT2D eigenvalue weighted by Crippen LogP contribution is -2.56. The number of rotatable bonds is 11. The summed E-state index contributed by atoms with van der Waals surface area (Å²) >= 11 is 6.24. The lowest BCUT2D eigenvalue weighted by molar-refractivity contribution is -0.143. The maximum Gasteiger partial charge on any atom is 0.289 e. The second-order valence-electron chi connectivity index (χ2n) is 13.5. The molecule has 3 aliphatic rings. The minimum atomic E-state index is -1.00. The summed E-state index contributed by atoms with van der Waals surface area (Å²) in [6, 6.07) is 14.1. The maximum atomic E-state index is 14.5. The van der Waals surface area contributed by atoms with Crippen molar-refractivity contribution < 1.29 is 24.0 Å². The van der Waals surface area contributed by atoms with Crippen molar-refractivity contribution >= 4 is 46.5 Å². The summed E-state index contributed by atoms with van der Waals surface area (Å²) in [5, 5.41) is 13.9. The fraction of sp³-hybridized carbons (Fsp3) is 0.500. The Bertz CT molecular complexity index is 1470. The van der Waals surface area contributed by atoms with Crippen LogP contribution in [-0.4, -0.2) is 70.4 Å². The van der Waals surface area contributed by atoms with Crippen molar-refractivity contribution in [2.24, 2.45) is 10.6 Å². The van der Waals surface area contributed by atoms with Gasteiger partial charge < -0.3 is 25.7 Å². The molecular weight excluding hydrogens is 594 g/mol. The molecule has 5 rings (SSSR count). The van der Waals surface area contributed by atoms with Gasteiger partial charge >= 0.3 is 0 Å². The number of likely N-dealkylation sites (tertiary alicyclic amines) is 1. The number of ketones is 1. The molecule has 2 heterocycles. The molecule has 2 fully saturated rings. The third-order valence-corrected chi connectivity index (χ3v) is 8.76. The highest BCUT2D eigenvalue weighted by atomic mass is 35.5. The summed E-state index contributed by atoms with van der Waals surface area (Å²) in [6.45, 7) is 7.90. The molecule has 2 aromatic carbocycles. The Morgan fingerprint density at radius 2 is 1.82 bits per heavy atom. The highest BCUT2D eigenvalue weighted by Crippen LogP contribution is 2.40. The van der Waals surface area contributed by atoms with E-state index in [1.165, 1.54) is 0 Å². The summed E-state index contributed by atoms with van der Waals surface area (Å²) in [7, 11) is 0. The van der Waals surface area contributed by atoms with Crippen molar-refractivity contribution in [3.63, 3.8) is 0 Å². The molecule has 2 aliphatic heterocycles. The van der Waals surface area contributed by atoms with Gasteiger partial charge in [0, 0.05) is 35.2 Å². The molecule has 3 N–H and O–H groups in total. The molecule has 1 spiro atoms. The van der Waals surface area contributed by atoms with Gasteiger partial charge in [-0.25, -0.2) is 0 Å². The van der Waals surface area contributed by atoms with E-state index in [1.807, 2.05) is 70.2 Å². The van der Waals surface area contributed by atoms with Gasteiger partial charge in [0.25, 0.3) is 5.91 Å². The predicted molar refractivity (Wildman–Crippen MR) is 173 cm³/mol. The van der Waals surface area contributed by atoms with Gasteiger partial charge in [-0.1, -0.05) is 81.2 Å². The van der Waals surface area contributed by atoms with E-state index in [1.54, 1.807) is 17.0 Å². The Kier molecular flexibility index (Phi) is 9.53. The summed E-state index contributed by atoms with van der Waals surface area (Å²) in [6.07, 6.45) is 3.10. The normalized spacial score (nSPS) is 22.3. The number of halogens is 1. The van der Waals surface area contributed by atoms with E-state index in [9.17, 15) is 19.2 Å². The zero-order valence-electron chi connectivity index (χ0n) is 26.3. The number of nitrogens with zero attached hydrogens (tertiary/aromatic N) is 2. The number of amides is 3. The molecule has 240 valence electrons. The summed E-state index contributed by atoms with van der Waals surface area (Å²) in [5.74, 6) is -2.14. The molecular formula is C34H42ClN5O5. The smallest absolute Gasteiger partial charge is 0.289 e. The molecule has 0 radical (unpaired) electrons. The Morgan fingerprint density at radius 1 is 1.09 bits per heavy atom. The second-order valence-corrected chi connectivity index (χ2v) is 13.9. The molecule has 45 heavy (non-hydrogen) atoms. The molecule has 1 aliphatic carbocycles. The average Bonchev–Trinajstić information content (AvgIpc) is 3.60. The van der Waals surface area contributed by atoms with Crippen molar-refractivity contribution in [3.05, 3.63) is 65.2 Å². The quantitative estimate of drug-likeness (QED) is 0.313. The van der Waals surface area contributed by atoms with Crippen molar-refractivity contribution in [2.45, 2.75) is 96.0 Å². The molecule has 11 heteroatoms. The van der Waals surface area contributed by atoms with Gasteiger partial charge in [0.1, 0.15) is 12.1 Å². The summed E-state index contributed by atoms with van der Waals surface area (Å²) < 4.78 is 0. The van der Waals surface area contributed by atoms with Crippen LogP contribution in [0.1, 0.15) is 71.8 Å². The number of hydrogen-bond donors (Lipinski definition) is 3. The van der Waals surface area contributed by atoms with Gasteiger partial charge in [-0.3, -0.25) is 19.2 Å². The lowest BCUT2D eigenvalue weighted by Gasteiger charge is -2.36. The number of nitrogens with one attached hydrogen (secondary N) is 3. The van der Waals surface area contributed by atoms with E-state index < -0.39 is 46.7 Å². The minimum Gasteiger partial charge on any atom is -0.387 e. The maximum absolute atomic E-state index is 14.5. The Hall–Kier alpha value is -3.92. The molecule has 10 nitrogen and oxygen atoms in total. The molecule has 0 aromatic heterocycles. The largest absolute Gasteiger partial charge is 0.387 e. The third kappa shape index (κ3) is 7.66. The van der Waals surface area contributed by atoms with Crippen molar-refractivity contribution in [3.8, 4) is 0 Å². The predicted octanol–water partition coefficient (Wildman–Crippen LogP) is 4.46. The number of hydrogen-bond acceptors (Lipinski definition) is 7. The van der Waals surface area contributed by atoms with Gasteiger partial charge in [0.05, 0.1) is 18.3 Å². The number of oxime groups is 1. The van der Waals surface area contributed by atoms with E-state index in [-0.39, 0.29) is 24.9 Å². The molecule has 0 bridgehead atoms. The first kappa shape index (κ1) is 32.5. The zero-order valence-corrected chi connectivity index (χ0v) is 27.0. The van der Waals surface area contributed by atoms with Crippen LogP contribution in [0.25, 0.3) is 0 Å². The van der Waals surface area contributed by atoms with E-state index in [4.69, 9.17) is 16.4 Å². The number of benzene rings is 2. The third-order valence-electron chi connectivity index (χ3n) is 8.53. The number of anilines is 1. The van der Waals surface area contributed by atoms with Crippen LogP contribution in [0, 0.1) is 5.41 Å². The van der Waals surface area contributed by atoms with Crippen LogP contribution in [0.2, 0.25) is 5.02 Å². The number of Topliss-reactive ketones (excluding diaryl/α,β-unsaturated/α-hetero) is 1. The Morgan fingerprint density at radius 3 is 2.47 bits per heavy atom. The van der Waals surface area contributed by atoms with Crippen LogP contribution in [0.3, 0.4) is 0 Å². The number of para-hydroxylation sites is 1. The van der Waals surface area contributed by atoms with Gasteiger partial charge in [0.15, 0.2) is 5.60 Å². The molecule has 1 saturated heterocycles. The van der Waals surface area contributed by atoms with Gasteiger partial charge in [-0.2, -0.15) is 0 Å². The average molecular weight is 636 g/mol. The fourth-order valence-electron chi connectivity index (χ4n) is 5.94. The van der Waals surface area contributed by atoms with Crippen LogP contribution >= 0.6 is 11.6 Å². The fourth-order valence-corrected chi connectivity index (χ4v) is 6.13. The minimum absolute atomic E-state index is 0.0156. The van der Waals surface area contributed by atoms with Crippen LogP contribution < -0.4 is 16.0 Å². The van der Waals surface area contributed by atoms with Crippen molar-refractivity contribution in [1.82, 2.24) is 15.5 Å². The first-order valence-corrected chi connectivity index (χ1v) is 16.0. The van der Waals surface area contributed by atoms with E-state index in [0.29, 0.717) is 30.0 Å². The number of carbonyl (C=O) groups excluding carboxylic acids is 4. The zero-order chi connectivity index (χ0) is 32.4. The Labute approximate surface area is 269 Å². The monoisotopic (exact) mass is 635 g/mol. The van der Waals surface area contributed by atoms with E-state index >= 15 is 0 Å². The van der Waals surface area contributed by atoms with Gasteiger partial charge in [-0.05, 0) is 48.9 Å². The van der Waals surface area contributed by atoms with Crippen LogP contribution in [0.15, 0.2) is 59.8 Å². The first-order valence-electron chi connectivity index (χ1n) is 15.7. The van der Waals surface area contributed by atoms with E-state index in [0.717, 1.165) is 24.1 Å². The molecule has 4 atom stereocenters. The molecule has 2 aromatic rings. The van der Waals surface area contributed by atoms with Crippen LogP contribution in [-0.2, 0) is 24.0 Å². The molecule has 1 saturated carbocycles. The van der Waals surface area contributed by atoms with Crippen molar-refractivity contribution in [1.29, 1.82) is 0 Å².